The van der Waals surface area contributed by atoms with Crippen LogP contribution in [0.3, 0.4) is 0 Å². The molecule has 1 atom stereocenters. The first-order valence-electron chi connectivity index (χ1n) is 11.1. The largest absolute Gasteiger partial charge is 0.481 e. The molecule has 36 heavy (non-hydrogen) atoms. The van der Waals surface area contributed by atoms with E-state index in [0.29, 0.717) is 43.9 Å². The number of carbonyl (C=O) groups excluding carboxylic acids is 2. The molecular formula is C24H26Cl2N4O4S2. The topological polar surface area (TPSA) is 95.3 Å². The fourth-order valence-electron chi connectivity index (χ4n) is 3.18. The van der Waals surface area contributed by atoms with Gasteiger partial charge in [-0.3, -0.25) is 9.36 Å². The quantitative estimate of drug-likeness (QED) is 0.152. The summed E-state index contributed by atoms with van der Waals surface area (Å²) in [6.07, 6.45) is 1.96. The summed E-state index contributed by atoms with van der Waals surface area (Å²) in [4.78, 5) is 26.0. The first-order valence-corrected chi connectivity index (χ1v) is 13.7. The predicted octanol–water partition coefficient (Wildman–Crippen LogP) is 6.44. The van der Waals surface area contributed by atoms with E-state index in [9.17, 15) is 9.59 Å². The Bertz CT molecular complexity index is 1240. The first kappa shape index (κ1) is 28.0. The standard InChI is InChI=1S/C24H26Cl2N4O4S2/c1-5-10-30-21(14(4)34-19-11-15(25)8-9-18(19)26)28-29-24(30)35-13-20(31)27-22-17(23(32)33-7-3)12-16(6-2)36-22/h5,8-9,11-12,14H,1,6-7,10,13H2,2-4H3,(H,27,31). The van der Waals surface area contributed by atoms with Crippen molar-refractivity contribution >= 4 is 63.2 Å². The van der Waals surface area contributed by atoms with Crippen molar-refractivity contribution in [1.29, 1.82) is 0 Å². The van der Waals surface area contributed by atoms with E-state index in [-0.39, 0.29) is 18.3 Å². The van der Waals surface area contributed by atoms with Gasteiger partial charge in [0.1, 0.15) is 10.8 Å². The van der Waals surface area contributed by atoms with E-state index < -0.39 is 12.1 Å². The number of nitrogens with one attached hydrogen (secondary N) is 1. The number of hydrogen-bond donors (Lipinski definition) is 1. The number of anilines is 1. The van der Waals surface area contributed by atoms with E-state index in [4.69, 9.17) is 32.7 Å². The molecule has 0 aliphatic rings. The van der Waals surface area contributed by atoms with Gasteiger partial charge in [-0.15, -0.1) is 28.1 Å². The molecule has 2 heterocycles. The number of thioether (sulfide) groups is 1. The number of halogens is 2. The van der Waals surface area contributed by atoms with E-state index in [0.717, 1.165) is 11.3 Å². The average Bonchev–Trinajstić information content (AvgIpc) is 3.44. The molecule has 0 saturated heterocycles. The fraction of sp³-hybridized carbons (Fsp3) is 0.333. The van der Waals surface area contributed by atoms with Gasteiger partial charge < -0.3 is 14.8 Å². The molecule has 1 unspecified atom stereocenters. The van der Waals surface area contributed by atoms with Crippen molar-refractivity contribution in [2.75, 3.05) is 17.7 Å². The van der Waals surface area contributed by atoms with Gasteiger partial charge in [0.2, 0.25) is 5.91 Å². The van der Waals surface area contributed by atoms with Gasteiger partial charge in [0, 0.05) is 22.5 Å². The smallest absolute Gasteiger partial charge is 0.341 e. The highest BCUT2D eigenvalue weighted by molar-refractivity contribution is 7.99. The molecule has 192 valence electrons. The number of nitrogens with zero attached hydrogens (tertiary/aromatic N) is 3. The lowest BCUT2D eigenvalue weighted by Gasteiger charge is -2.16. The summed E-state index contributed by atoms with van der Waals surface area (Å²) in [5, 5.41) is 13.3. The van der Waals surface area contributed by atoms with Crippen LogP contribution >= 0.6 is 46.3 Å². The molecule has 0 radical (unpaired) electrons. The summed E-state index contributed by atoms with van der Waals surface area (Å²) in [6.45, 7) is 10.0. The Kier molecular flexibility index (Phi) is 10.2. The normalized spacial score (nSPS) is 11.7. The van der Waals surface area contributed by atoms with Crippen molar-refractivity contribution in [1.82, 2.24) is 14.8 Å². The highest BCUT2D eigenvalue weighted by atomic mass is 35.5. The van der Waals surface area contributed by atoms with Gasteiger partial charge in [0.25, 0.3) is 0 Å². The van der Waals surface area contributed by atoms with Gasteiger partial charge in [0.05, 0.1) is 22.9 Å². The minimum Gasteiger partial charge on any atom is -0.481 e. The summed E-state index contributed by atoms with van der Waals surface area (Å²) in [5.74, 6) is 0.300. The van der Waals surface area contributed by atoms with E-state index in [1.165, 1.54) is 23.1 Å². The zero-order chi connectivity index (χ0) is 26.2. The van der Waals surface area contributed by atoms with Crippen LogP contribution in [0.4, 0.5) is 5.00 Å². The van der Waals surface area contributed by atoms with Crippen molar-refractivity contribution in [2.45, 2.75) is 45.0 Å². The number of aromatic nitrogens is 3. The number of ether oxygens (including phenoxy) is 2. The Hall–Kier alpha value is -2.53. The second-order valence-electron chi connectivity index (χ2n) is 7.44. The number of aryl methyl sites for hydroxylation is 1. The molecule has 0 saturated carbocycles. The fourth-order valence-corrected chi connectivity index (χ4v) is 5.26. The van der Waals surface area contributed by atoms with Crippen LogP contribution in [-0.4, -0.2) is 39.0 Å². The molecular weight excluding hydrogens is 543 g/mol. The van der Waals surface area contributed by atoms with Crippen molar-refractivity contribution in [3.63, 3.8) is 0 Å². The van der Waals surface area contributed by atoms with Crippen LogP contribution < -0.4 is 10.1 Å². The number of amides is 1. The van der Waals surface area contributed by atoms with Crippen LogP contribution in [0.25, 0.3) is 0 Å². The molecule has 3 rings (SSSR count). The molecule has 0 fully saturated rings. The van der Waals surface area contributed by atoms with Crippen molar-refractivity contribution in [3.8, 4) is 5.75 Å². The SMILES string of the molecule is C=CCn1c(SCC(=O)Nc2sc(CC)cc2C(=O)OCC)nnc1C(C)Oc1cc(Cl)ccc1Cl. The molecule has 12 heteroatoms. The third-order valence-corrected chi connectivity index (χ3v) is 7.54. The molecule has 0 aliphatic heterocycles. The number of carbonyl (C=O) groups is 2. The van der Waals surface area contributed by atoms with Crippen LogP contribution in [0.15, 0.2) is 42.1 Å². The number of hydrogen-bond acceptors (Lipinski definition) is 8. The van der Waals surface area contributed by atoms with Gasteiger partial charge in [0.15, 0.2) is 17.1 Å². The maximum atomic E-state index is 12.7. The van der Waals surface area contributed by atoms with Gasteiger partial charge in [-0.1, -0.05) is 48.0 Å². The summed E-state index contributed by atoms with van der Waals surface area (Å²) in [6, 6.07) is 6.72. The average molecular weight is 570 g/mol. The monoisotopic (exact) mass is 568 g/mol. The number of allylic oxidation sites excluding steroid dienone is 1. The number of thiophene rings is 1. The lowest BCUT2D eigenvalue weighted by atomic mass is 10.2. The number of benzene rings is 1. The zero-order valence-corrected chi connectivity index (χ0v) is 23.2. The van der Waals surface area contributed by atoms with Crippen LogP contribution in [0.1, 0.15) is 47.9 Å². The second kappa shape index (κ2) is 13.1. The zero-order valence-electron chi connectivity index (χ0n) is 20.0. The molecule has 0 spiro atoms. The van der Waals surface area contributed by atoms with Gasteiger partial charge in [-0.2, -0.15) is 0 Å². The highest BCUT2D eigenvalue weighted by Gasteiger charge is 2.22. The van der Waals surface area contributed by atoms with E-state index in [1.807, 2.05) is 18.4 Å². The van der Waals surface area contributed by atoms with Crippen LogP contribution in [0.2, 0.25) is 10.0 Å². The molecule has 1 amide bonds. The summed E-state index contributed by atoms with van der Waals surface area (Å²) >= 11 is 14.9. The molecule has 1 aromatic carbocycles. The Labute approximate surface area is 228 Å². The maximum absolute atomic E-state index is 12.7. The van der Waals surface area contributed by atoms with Crippen LogP contribution in [0.5, 0.6) is 5.75 Å². The third kappa shape index (κ3) is 7.03. The minimum atomic E-state index is -0.498. The molecule has 0 bridgehead atoms. The summed E-state index contributed by atoms with van der Waals surface area (Å²) < 4.78 is 12.9. The summed E-state index contributed by atoms with van der Waals surface area (Å²) in [5.41, 5.74) is 0.361. The maximum Gasteiger partial charge on any atom is 0.341 e. The Morgan fingerprint density at radius 2 is 2.06 bits per heavy atom. The van der Waals surface area contributed by atoms with Crippen molar-refractivity contribution in [3.05, 3.63) is 63.2 Å². The van der Waals surface area contributed by atoms with Crippen molar-refractivity contribution in [2.24, 2.45) is 0 Å². The van der Waals surface area contributed by atoms with Crippen molar-refractivity contribution < 1.29 is 19.1 Å². The van der Waals surface area contributed by atoms with E-state index in [1.54, 1.807) is 37.3 Å². The minimum absolute atomic E-state index is 0.0618. The van der Waals surface area contributed by atoms with Gasteiger partial charge in [-0.05, 0) is 38.5 Å². The van der Waals surface area contributed by atoms with Gasteiger partial charge >= 0.3 is 5.97 Å². The van der Waals surface area contributed by atoms with E-state index in [2.05, 4.69) is 22.1 Å². The van der Waals surface area contributed by atoms with Crippen LogP contribution in [0, 0.1) is 0 Å². The Morgan fingerprint density at radius 3 is 2.75 bits per heavy atom. The number of esters is 1. The second-order valence-corrected chi connectivity index (χ2v) is 10.4. The Morgan fingerprint density at radius 1 is 1.28 bits per heavy atom. The summed E-state index contributed by atoms with van der Waals surface area (Å²) in [7, 11) is 0. The third-order valence-electron chi connectivity index (χ3n) is 4.83. The molecule has 2 aromatic heterocycles. The molecule has 0 aliphatic carbocycles. The predicted molar refractivity (Wildman–Crippen MR) is 145 cm³/mol. The first-order chi connectivity index (χ1) is 17.3. The molecule has 3 aromatic rings. The van der Waals surface area contributed by atoms with E-state index >= 15 is 0 Å². The highest BCUT2D eigenvalue weighted by Crippen LogP contribution is 2.33. The lowest BCUT2D eigenvalue weighted by molar-refractivity contribution is -0.113. The molecule has 8 nitrogen and oxygen atoms in total. The van der Waals surface area contributed by atoms with Gasteiger partial charge in [-0.25, -0.2) is 4.79 Å². The Balaban J connectivity index is 1.71. The molecule has 1 N–H and O–H groups in total. The lowest BCUT2D eigenvalue weighted by Crippen LogP contribution is -2.17. The number of rotatable bonds is 12. The van der Waals surface area contributed by atoms with Crippen LogP contribution in [-0.2, 0) is 22.5 Å².